The zero-order valence-corrected chi connectivity index (χ0v) is 24.1. The molecule has 2 aliphatic rings. The van der Waals surface area contributed by atoms with Crippen LogP contribution in [0.25, 0.3) is 0 Å². The van der Waals surface area contributed by atoms with Gasteiger partial charge in [0.05, 0.1) is 16.2 Å². The second-order valence-electron chi connectivity index (χ2n) is 10.2. The molecule has 2 amide bonds. The molecule has 0 spiro atoms. The number of hydrogen-bond donors (Lipinski definition) is 3. The molecular formula is C30H36FIN2O5. The van der Waals surface area contributed by atoms with Crippen LogP contribution in [0.5, 0.6) is 5.75 Å². The molecule has 0 unspecified atom stereocenters. The first kappa shape index (κ1) is 29.5. The van der Waals surface area contributed by atoms with E-state index in [2.05, 4.69) is 27.9 Å². The number of rotatable bonds is 11. The van der Waals surface area contributed by atoms with Crippen LogP contribution < -0.4 is 10.1 Å². The maximum Gasteiger partial charge on any atom is 0.247 e. The van der Waals surface area contributed by atoms with Gasteiger partial charge in [-0.3, -0.25) is 9.59 Å². The van der Waals surface area contributed by atoms with Crippen LogP contribution >= 0.6 is 22.6 Å². The molecule has 0 bridgehead atoms. The summed E-state index contributed by atoms with van der Waals surface area (Å²) in [5.74, 6) is 0.0270. The van der Waals surface area contributed by atoms with E-state index in [1.807, 2.05) is 18.2 Å². The summed E-state index contributed by atoms with van der Waals surface area (Å²) in [7, 11) is 0. The number of nitrogens with one attached hydrogen (secondary N) is 1. The van der Waals surface area contributed by atoms with Crippen LogP contribution in [-0.2, 0) is 16.1 Å². The van der Waals surface area contributed by atoms with Gasteiger partial charge >= 0.3 is 0 Å². The minimum absolute atomic E-state index is 0.0287. The van der Waals surface area contributed by atoms with E-state index in [0.29, 0.717) is 29.2 Å². The lowest BCUT2D eigenvalue weighted by atomic mass is 9.87. The molecule has 0 aromatic heterocycles. The van der Waals surface area contributed by atoms with E-state index in [-0.39, 0.29) is 32.0 Å². The average molecular weight is 651 g/mol. The van der Waals surface area contributed by atoms with E-state index in [1.165, 1.54) is 23.8 Å². The van der Waals surface area contributed by atoms with Crippen molar-refractivity contribution in [2.24, 2.45) is 5.92 Å². The molecule has 39 heavy (non-hydrogen) atoms. The first-order valence-electron chi connectivity index (χ1n) is 13.6. The molecular weight excluding hydrogens is 614 g/mol. The topological polar surface area (TPSA) is 99.1 Å². The fourth-order valence-corrected chi connectivity index (χ4v) is 5.95. The van der Waals surface area contributed by atoms with Gasteiger partial charge in [-0.25, -0.2) is 4.39 Å². The monoisotopic (exact) mass is 650 g/mol. The van der Waals surface area contributed by atoms with Crippen molar-refractivity contribution in [3.05, 3.63) is 75.1 Å². The zero-order chi connectivity index (χ0) is 27.8. The van der Waals surface area contributed by atoms with Crippen molar-refractivity contribution in [2.75, 3.05) is 13.2 Å². The number of benzene rings is 2. The average Bonchev–Trinajstić information content (AvgIpc) is 3.46. The SMILES string of the molecule is O=C(NCCO)C1=C[C@H](Oc2ccccc2I)[C@@H](O)[C@H](N(Cc2ccccc2F)C(=O)CCC2CCCC2)C1. The van der Waals surface area contributed by atoms with Crippen LogP contribution in [-0.4, -0.2) is 58.3 Å². The highest BCUT2D eigenvalue weighted by Crippen LogP contribution is 2.33. The maximum atomic E-state index is 14.7. The molecule has 9 heteroatoms. The van der Waals surface area contributed by atoms with Crippen molar-refractivity contribution < 1.29 is 28.9 Å². The minimum Gasteiger partial charge on any atom is -0.482 e. The van der Waals surface area contributed by atoms with Gasteiger partial charge in [0.15, 0.2) is 0 Å². The lowest BCUT2D eigenvalue weighted by Gasteiger charge is -2.41. The third kappa shape index (κ3) is 7.79. The molecule has 2 aromatic rings. The molecule has 0 aliphatic heterocycles. The smallest absolute Gasteiger partial charge is 0.247 e. The predicted octanol–water partition coefficient (Wildman–Crippen LogP) is 4.35. The van der Waals surface area contributed by atoms with Gasteiger partial charge in [-0.1, -0.05) is 56.0 Å². The fraction of sp³-hybridized carbons (Fsp3) is 0.467. The molecule has 7 nitrogen and oxygen atoms in total. The summed E-state index contributed by atoms with van der Waals surface area (Å²) in [5, 5.41) is 23.4. The zero-order valence-electron chi connectivity index (χ0n) is 21.9. The van der Waals surface area contributed by atoms with Gasteiger partial charge < -0.3 is 25.2 Å². The summed E-state index contributed by atoms with van der Waals surface area (Å²) in [6.45, 7) is -0.171. The molecule has 2 aliphatic carbocycles. The van der Waals surface area contributed by atoms with Crippen LogP contribution in [0.15, 0.2) is 60.2 Å². The molecule has 1 saturated carbocycles. The third-order valence-corrected chi connectivity index (χ3v) is 8.47. The van der Waals surface area contributed by atoms with Crippen LogP contribution in [0.4, 0.5) is 4.39 Å². The minimum atomic E-state index is -1.15. The van der Waals surface area contributed by atoms with Crippen LogP contribution in [0, 0.1) is 15.3 Å². The van der Waals surface area contributed by atoms with Crippen molar-refractivity contribution >= 4 is 34.4 Å². The van der Waals surface area contributed by atoms with Gasteiger partial charge in [0.25, 0.3) is 0 Å². The number of aliphatic hydroxyl groups excluding tert-OH is 2. The van der Waals surface area contributed by atoms with E-state index in [0.717, 1.165) is 22.8 Å². The van der Waals surface area contributed by atoms with E-state index >= 15 is 0 Å². The van der Waals surface area contributed by atoms with Crippen LogP contribution in [0.1, 0.15) is 50.5 Å². The Balaban J connectivity index is 1.65. The molecule has 3 atom stereocenters. The molecule has 0 radical (unpaired) electrons. The number of amides is 2. The Hall–Kier alpha value is -2.50. The lowest BCUT2D eigenvalue weighted by Crippen LogP contribution is -2.55. The van der Waals surface area contributed by atoms with E-state index in [4.69, 9.17) is 4.74 Å². The Bertz CT molecular complexity index is 1170. The van der Waals surface area contributed by atoms with Crippen molar-refractivity contribution in [1.82, 2.24) is 10.2 Å². The number of carbonyl (C=O) groups excluding carboxylic acids is 2. The molecule has 210 valence electrons. The highest BCUT2D eigenvalue weighted by molar-refractivity contribution is 14.1. The summed E-state index contributed by atoms with van der Waals surface area (Å²) in [5.41, 5.74) is 0.687. The van der Waals surface area contributed by atoms with Crippen molar-refractivity contribution in [2.45, 2.75) is 69.7 Å². The first-order chi connectivity index (χ1) is 18.9. The Morgan fingerprint density at radius 2 is 1.82 bits per heavy atom. The van der Waals surface area contributed by atoms with Crippen molar-refractivity contribution in [1.29, 1.82) is 0 Å². The second kappa shape index (κ2) is 14.2. The van der Waals surface area contributed by atoms with Gasteiger partial charge in [-0.15, -0.1) is 0 Å². The van der Waals surface area contributed by atoms with E-state index in [9.17, 15) is 24.2 Å². The van der Waals surface area contributed by atoms with Crippen LogP contribution in [0.3, 0.4) is 0 Å². The van der Waals surface area contributed by atoms with Gasteiger partial charge in [-0.05, 0) is 59.2 Å². The molecule has 1 fully saturated rings. The van der Waals surface area contributed by atoms with Crippen molar-refractivity contribution in [3.63, 3.8) is 0 Å². The van der Waals surface area contributed by atoms with E-state index < -0.39 is 30.0 Å². The van der Waals surface area contributed by atoms with Gasteiger partial charge in [-0.2, -0.15) is 0 Å². The number of carbonyl (C=O) groups is 2. The molecule has 2 aromatic carbocycles. The number of ether oxygens (including phenoxy) is 1. The standard InChI is InChI=1S/C30H36FIN2O5/c31-23-10-4-3-9-21(23)19-34(28(36)14-13-20-7-1-2-8-20)25-17-22(30(38)33-15-16-35)18-27(29(25)37)39-26-12-6-5-11-24(26)32/h3-6,9-12,18,20,25,27,29,35,37H,1-2,7-8,13-17,19H2,(H,33,38)/t25-,27+,29+/m1/s1. The highest BCUT2D eigenvalue weighted by atomic mass is 127. The normalized spacial score (nSPS) is 21.3. The van der Waals surface area contributed by atoms with Gasteiger partial charge in [0.2, 0.25) is 11.8 Å². The Morgan fingerprint density at radius 3 is 2.54 bits per heavy atom. The largest absolute Gasteiger partial charge is 0.482 e. The van der Waals surface area contributed by atoms with E-state index in [1.54, 1.807) is 30.3 Å². The summed E-state index contributed by atoms with van der Waals surface area (Å²) < 4.78 is 21.8. The summed E-state index contributed by atoms with van der Waals surface area (Å²) >= 11 is 2.14. The third-order valence-electron chi connectivity index (χ3n) is 7.57. The second-order valence-corrected chi connectivity index (χ2v) is 11.4. The summed E-state index contributed by atoms with van der Waals surface area (Å²) in [4.78, 5) is 28.2. The first-order valence-corrected chi connectivity index (χ1v) is 14.7. The van der Waals surface area contributed by atoms with Gasteiger partial charge in [0, 0.05) is 37.1 Å². The lowest BCUT2D eigenvalue weighted by molar-refractivity contribution is -0.139. The quantitative estimate of drug-likeness (QED) is 0.315. The molecule has 3 N–H and O–H groups in total. The van der Waals surface area contributed by atoms with Crippen LogP contribution in [0.2, 0.25) is 0 Å². The molecule has 0 heterocycles. The Morgan fingerprint density at radius 1 is 1.10 bits per heavy atom. The van der Waals surface area contributed by atoms with Crippen molar-refractivity contribution in [3.8, 4) is 5.75 Å². The summed E-state index contributed by atoms with van der Waals surface area (Å²) in [6.07, 6.45) is 5.19. The Kier molecular flexibility index (Phi) is 10.8. The number of para-hydroxylation sites is 1. The number of aliphatic hydroxyl groups is 2. The maximum absolute atomic E-state index is 14.7. The number of nitrogens with zero attached hydrogens (tertiary/aromatic N) is 1. The fourth-order valence-electron chi connectivity index (χ4n) is 5.44. The predicted molar refractivity (Wildman–Crippen MR) is 154 cm³/mol. The van der Waals surface area contributed by atoms with Gasteiger partial charge in [0.1, 0.15) is 23.8 Å². The highest BCUT2D eigenvalue weighted by Gasteiger charge is 2.41. The number of hydrogen-bond acceptors (Lipinski definition) is 5. The molecule has 0 saturated heterocycles. The Labute approximate surface area is 242 Å². The molecule has 4 rings (SSSR count). The number of halogens is 2. The summed E-state index contributed by atoms with van der Waals surface area (Å²) in [6, 6.07) is 12.8.